The lowest BCUT2D eigenvalue weighted by atomic mass is 9.68. The van der Waals surface area contributed by atoms with Gasteiger partial charge in [-0.15, -0.1) is 0 Å². The summed E-state index contributed by atoms with van der Waals surface area (Å²) in [6.07, 6.45) is 14.3. The van der Waals surface area contributed by atoms with Crippen LogP contribution in [0.15, 0.2) is 23.8 Å². The van der Waals surface area contributed by atoms with Gasteiger partial charge in [-0.05, 0) is 57.4 Å². The fourth-order valence-corrected chi connectivity index (χ4v) is 4.10. The average Bonchev–Trinajstić information content (AvgIpc) is 2.38. The fraction of sp³-hybridized carbons (Fsp3) is 0.789. The molecule has 0 spiro atoms. The standard InChI is InChI=1S/C19H34N/c1-16-10-9-13-19(3,4)18(16)12-11-17(2)20(5)14-7-6-8-15-20/h10-12,17-18H,6-9,13-15H2,1-5H3/q+1/b12-11+. The van der Waals surface area contributed by atoms with Gasteiger partial charge in [0.2, 0.25) is 0 Å². The zero-order chi connectivity index (χ0) is 14.8. The maximum atomic E-state index is 2.52. The molecule has 2 atom stereocenters. The van der Waals surface area contributed by atoms with Crippen LogP contribution in [-0.2, 0) is 0 Å². The maximum absolute atomic E-state index is 2.52. The summed E-state index contributed by atoms with van der Waals surface area (Å²) in [5.41, 5.74) is 2.00. The van der Waals surface area contributed by atoms with E-state index >= 15 is 0 Å². The Labute approximate surface area is 126 Å². The van der Waals surface area contributed by atoms with E-state index in [0.717, 1.165) is 0 Å². The number of likely N-dealkylation sites (N-methyl/N-ethyl adjacent to an activating group) is 1. The summed E-state index contributed by atoms with van der Waals surface area (Å²) in [5, 5.41) is 0. The predicted octanol–water partition coefficient (Wildman–Crippen LogP) is 4.94. The van der Waals surface area contributed by atoms with Crippen LogP contribution >= 0.6 is 0 Å². The summed E-state index contributed by atoms with van der Waals surface area (Å²) in [6, 6.07) is 0.654. The lowest BCUT2D eigenvalue weighted by molar-refractivity contribution is -0.929. The largest absolute Gasteiger partial charge is 0.321 e. The summed E-state index contributed by atoms with van der Waals surface area (Å²) in [6.45, 7) is 12.3. The molecule has 0 aromatic heterocycles. The fourth-order valence-electron chi connectivity index (χ4n) is 4.10. The lowest BCUT2D eigenvalue weighted by Crippen LogP contribution is -2.53. The molecule has 0 saturated carbocycles. The van der Waals surface area contributed by atoms with E-state index in [1.54, 1.807) is 5.57 Å². The van der Waals surface area contributed by atoms with Crippen molar-refractivity contribution in [3.63, 3.8) is 0 Å². The third kappa shape index (κ3) is 3.36. The van der Waals surface area contributed by atoms with Crippen molar-refractivity contribution in [2.45, 2.75) is 65.8 Å². The van der Waals surface area contributed by atoms with Crippen molar-refractivity contribution < 1.29 is 4.48 Å². The maximum Gasteiger partial charge on any atom is 0.105 e. The van der Waals surface area contributed by atoms with Crippen molar-refractivity contribution in [3.8, 4) is 0 Å². The van der Waals surface area contributed by atoms with Crippen molar-refractivity contribution in [2.75, 3.05) is 20.1 Å². The van der Waals surface area contributed by atoms with Gasteiger partial charge in [-0.25, -0.2) is 0 Å². The van der Waals surface area contributed by atoms with Crippen LogP contribution in [0.2, 0.25) is 0 Å². The molecule has 114 valence electrons. The third-order valence-electron chi connectivity index (χ3n) is 5.99. The molecule has 1 nitrogen and oxygen atoms in total. The first-order chi connectivity index (χ1) is 9.35. The Balaban J connectivity index is 2.07. The molecule has 0 aromatic carbocycles. The van der Waals surface area contributed by atoms with Gasteiger partial charge < -0.3 is 4.48 Å². The minimum Gasteiger partial charge on any atom is -0.321 e. The van der Waals surface area contributed by atoms with Crippen LogP contribution in [0.1, 0.15) is 59.8 Å². The number of rotatable bonds is 3. The highest BCUT2D eigenvalue weighted by atomic mass is 15.4. The molecule has 0 aromatic rings. The van der Waals surface area contributed by atoms with Crippen LogP contribution in [0, 0.1) is 11.3 Å². The molecule has 2 aliphatic rings. The molecule has 1 saturated heterocycles. The van der Waals surface area contributed by atoms with E-state index in [0.29, 0.717) is 17.4 Å². The van der Waals surface area contributed by atoms with Crippen molar-refractivity contribution in [2.24, 2.45) is 11.3 Å². The van der Waals surface area contributed by atoms with E-state index in [2.05, 4.69) is 53.0 Å². The molecular weight excluding hydrogens is 242 g/mol. The molecule has 0 radical (unpaired) electrons. The number of piperidine rings is 1. The minimum absolute atomic E-state index is 0.426. The van der Waals surface area contributed by atoms with Gasteiger partial charge in [0, 0.05) is 5.92 Å². The Kier molecular flexibility index (Phi) is 4.79. The van der Waals surface area contributed by atoms with Crippen molar-refractivity contribution >= 4 is 0 Å². The third-order valence-corrected chi connectivity index (χ3v) is 5.99. The van der Waals surface area contributed by atoms with Gasteiger partial charge in [-0.3, -0.25) is 0 Å². The molecule has 0 amide bonds. The summed E-state index contributed by atoms with van der Waals surface area (Å²) in [5.74, 6) is 0.634. The molecule has 1 aliphatic heterocycles. The monoisotopic (exact) mass is 276 g/mol. The van der Waals surface area contributed by atoms with E-state index in [1.165, 1.54) is 49.7 Å². The first kappa shape index (κ1) is 15.8. The van der Waals surface area contributed by atoms with Gasteiger partial charge in [0.25, 0.3) is 0 Å². The number of allylic oxidation sites excluding steroid dienone is 3. The zero-order valence-electron chi connectivity index (χ0n) is 14.3. The predicted molar refractivity (Wildman–Crippen MR) is 88.6 cm³/mol. The Morgan fingerprint density at radius 2 is 1.90 bits per heavy atom. The van der Waals surface area contributed by atoms with Crippen LogP contribution in [0.25, 0.3) is 0 Å². The Morgan fingerprint density at radius 3 is 2.50 bits per heavy atom. The average molecular weight is 276 g/mol. The van der Waals surface area contributed by atoms with E-state index in [-0.39, 0.29) is 0 Å². The number of likely N-dealkylation sites (tertiary alicyclic amines) is 1. The molecule has 0 bridgehead atoms. The Hall–Kier alpha value is -0.560. The zero-order valence-corrected chi connectivity index (χ0v) is 14.3. The molecule has 1 heterocycles. The highest BCUT2D eigenvalue weighted by Gasteiger charge is 2.33. The molecule has 0 N–H and O–H groups in total. The number of hydrogen-bond donors (Lipinski definition) is 0. The quantitative estimate of drug-likeness (QED) is 0.506. The van der Waals surface area contributed by atoms with Gasteiger partial charge in [0.05, 0.1) is 20.1 Å². The number of nitrogens with zero attached hydrogens (tertiary/aromatic N) is 1. The van der Waals surface area contributed by atoms with Crippen LogP contribution in [0.5, 0.6) is 0 Å². The van der Waals surface area contributed by atoms with E-state index < -0.39 is 0 Å². The van der Waals surface area contributed by atoms with Crippen LogP contribution in [0.3, 0.4) is 0 Å². The van der Waals surface area contributed by atoms with Crippen molar-refractivity contribution in [1.29, 1.82) is 0 Å². The summed E-state index contributed by atoms with van der Waals surface area (Å²) in [4.78, 5) is 0. The van der Waals surface area contributed by atoms with Crippen molar-refractivity contribution in [1.82, 2.24) is 0 Å². The van der Waals surface area contributed by atoms with Gasteiger partial charge in [0.15, 0.2) is 0 Å². The Bertz CT molecular complexity index is 383. The van der Waals surface area contributed by atoms with E-state index in [1.807, 2.05) is 0 Å². The second-order valence-electron chi connectivity index (χ2n) is 8.07. The van der Waals surface area contributed by atoms with Crippen molar-refractivity contribution in [3.05, 3.63) is 23.8 Å². The van der Waals surface area contributed by atoms with E-state index in [9.17, 15) is 0 Å². The SMILES string of the molecule is CC1=CCCC(C)(C)C1/C=C/C(C)[N+]1(C)CCCCC1. The van der Waals surface area contributed by atoms with Crippen LogP contribution in [0.4, 0.5) is 0 Å². The molecule has 2 rings (SSSR count). The number of hydrogen-bond acceptors (Lipinski definition) is 0. The smallest absolute Gasteiger partial charge is 0.105 e. The van der Waals surface area contributed by atoms with E-state index in [4.69, 9.17) is 0 Å². The minimum atomic E-state index is 0.426. The summed E-state index contributed by atoms with van der Waals surface area (Å²) >= 11 is 0. The van der Waals surface area contributed by atoms with Gasteiger partial charge in [-0.1, -0.05) is 31.6 Å². The first-order valence-electron chi connectivity index (χ1n) is 8.54. The first-order valence-corrected chi connectivity index (χ1v) is 8.54. The summed E-state index contributed by atoms with van der Waals surface area (Å²) < 4.78 is 1.24. The molecule has 1 heteroatoms. The highest BCUT2D eigenvalue weighted by Crippen LogP contribution is 2.41. The Morgan fingerprint density at radius 1 is 1.25 bits per heavy atom. The van der Waals surface area contributed by atoms with Gasteiger partial charge in [-0.2, -0.15) is 0 Å². The second kappa shape index (κ2) is 6.05. The molecule has 1 fully saturated rings. The van der Waals surface area contributed by atoms with Crippen LogP contribution in [-0.4, -0.2) is 30.7 Å². The normalized spacial score (nSPS) is 31.1. The second-order valence-corrected chi connectivity index (χ2v) is 8.07. The van der Waals surface area contributed by atoms with Gasteiger partial charge >= 0.3 is 0 Å². The highest BCUT2D eigenvalue weighted by molar-refractivity contribution is 5.19. The lowest BCUT2D eigenvalue weighted by Gasteiger charge is -2.42. The molecule has 1 aliphatic carbocycles. The molecular formula is C19H34N+. The number of quaternary nitrogens is 1. The van der Waals surface area contributed by atoms with Gasteiger partial charge in [0.1, 0.15) is 6.04 Å². The topological polar surface area (TPSA) is 0 Å². The van der Waals surface area contributed by atoms with Crippen LogP contribution < -0.4 is 0 Å². The summed E-state index contributed by atoms with van der Waals surface area (Å²) in [7, 11) is 2.45. The molecule has 20 heavy (non-hydrogen) atoms. The molecule has 2 unspecified atom stereocenters.